The minimum atomic E-state index is -0.399. The highest BCUT2D eigenvalue weighted by Crippen LogP contribution is 2.36. The van der Waals surface area contributed by atoms with Crippen molar-refractivity contribution in [1.29, 1.82) is 0 Å². The van der Waals surface area contributed by atoms with Crippen LogP contribution in [0.1, 0.15) is 18.0 Å². The lowest BCUT2D eigenvalue weighted by Gasteiger charge is -2.15. The zero-order valence-corrected chi connectivity index (χ0v) is 16.9. The van der Waals surface area contributed by atoms with Crippen molar-refractivity contribution in [1.82, 2.24) is 10.9 Å². The van der Waals surface area contributed by atoms with Crippen LogP contribution in [-0.2, 0) is 4.79 Å². The second-order valence-corrected chi connectivity index (χ2v) is 7.28. The predicted octanol–water partition coefficient (Wildman–Crippen LogP) is 4.06. The van der Waals surface area contributed by atoms with Crippen LogP contribution in [-0.4, -0.2) is 26.2 Å². The van der Waals surface area contributed by atoms with Crippen LogP contribution in [0.4, 0.5) is 5.69 Å². The Morgan fingerprint density at radius 1 is 1.03 bits per heavy atom. The third-order valence-corrected chi connectivity index (χ3v) is 5.45. The number of methoxy groups -OCH3 is 2. The van der Waals surface area contributed by atoms with Gasteiger partial charge in [-0.3, -0.25) is 4.79 Å². The van der Waals surface area contributed by atoms with Gasteiger partial charge in [-0.15, -0.1) is 0 Å². The van der Waals surface area contributed by atoms with E-state index in [4.69, 9.17) is 21.1 Å². The minimum absolute atomic E-state index is 0.0261. The number of fused-ring (bicyclic) bond motifs is 1. The molecule has 0 aliphatic carbocycles. The number of halogens is 1. The number of amides is 1. The molecule has 1 saturated heterocycles. The molecule has 1 aliphatic heterocycles. The summed E-state index contributed by atoms with van der Waals surface area (Å²) in [5, 5.41) is 5.65. The zero-order chi connectivity index (χ0) is 20.4. The Bertz CT molecular complexity index is 1050. The second kappa shape index (κ2) is 8.29. The first-order valence-corrected chi connectivity index (χ1v) is 9.69. The third kappa shape index (κ3) is 3.87. The van der Waals surface area contributed by atoms with Gasteiger partial charge in [-0.1, -0.05) is 54.1 Å². The van der Waals surface area contributed by atoms with Crippen molar-refractivity contribution in [2.45, 2.75) is 18.5 Å². The number of carbonyl (C=O) groups excluding carboxylic acids is 1. The molecule has 0 spiro atoms. The Morgan fingerprint density at radius 3 is 2.59 bits per heavy atom. The molecule has 3 aromatic rings. The molecule has 1 aliphatic rings. The van der Waals surface area contributed by atoms with Gasteiger partial charge in [-0.25, -0.2) is 10.9 Å². The number of hydrogen-bond acceptors (Lipinski definition) is 5. The average molecular weight is 412 g/mol. The molecule has 4 rings (SSSR count). The largest absolute Gasteiger partial charge is 0.495 e. The topological polar surface area (TPSA) is 71.6 Å². The fraction of sp³-hybridized carbons (Fsp3) is 0.227. The lowest BCUT2D eigenvalue weighted by molar-refractivity contribution is -0.117. The van der Waals surface area contributed by atoms with E-state index in [9.17, 15) is 4.79 Å². The van der Waals surface area contributed by atoms with Crippen molar-refractivity contribution in [3.8, 4) is 11.5 Å². The van der Waals surface area contributed by atoms with Gasteiger partial charge >= 0.3 is 0 Å². The van der Waals surface area contributed by atoms with E-state index in [0.717, 1.165) is 5.56 Å². The van der Waals surface area contributed by atoms with E-state index in [1.165, 1.54) is 25.0 Å². The standard InChI is InChI=1S/C22H22ClN3O3/c1-28-20-12-21(29-2)18(10-16(20)23)24-22(27)19-11-17(25-26-19)15-9-5-7-13-6-3-4-8-14(13)15/h3-10,12,17,19,25-26H,11H2,1-2H3,(H,24,27). The first kappa shape index (κ1) is 19.5. The molecule has 1 fully saturated rings. The van der Waals surface area contributed by atoms with Gasteiger partial charge in [0.2, 0.25) is 5.91 Å². The number of rotatable bonds is 5. The number of ether oxygens (including phenoxy) is 2. The molecule has 2 unspecified atom stereocenters. The summed E-state index contributed by atoms with van der Waals surface area (Å²) in [6, 6.07) is 17.4. The number of benzene rings is 3. The number of carbonyl (C=O) groups is 1. The van der Waals surface area contributed by atoms with Crippen molar-refractivity contribution in [2.75, 3.05) is 19.5 Å². The molecule has 7 heteroatoms. The molecule has 3 N–H and O–H groups in total. The Hall–Kier alpha value is -2.80. The SMILES string of the molecule is COc1cc(OC)c(NC(=O)C2CC(c3cccc4ccccc34)NN2)cc1Cl. The maximum atomic E-state index is 12.8. The molecule has 6 nitrogen and oxygen atoms in total. The Morgan fingerprint density at radius 2 is 1.79 bits per heavy atom. The third-order valence-electron chi connectivity index (χ3n) is 5.15. The lowest BCUT2D eigenvalue weighted by atomic mass is 9.96. The van der Waals surface area contributed by atoms with Crippen molar-refractivity contribution < 1.29 is 14.3 Å². The van der Waals surface area contributed by atoms with Crippen molar-refractivity contribution in [3.63, 3.8) is 0 Å². The van der Waals surface area contributed by atoms with E-state index in [-0.39, 0.29) is 11.9 Å². The highest BCUT2D eigenvalue weighted by Gasteiger charge is 2.31. The van der Waals surface area contributed by atoms with Crippen LogP contribution in [0.15, 0.2) is 54.6 Å². The number of nitrogens with one attached hydrogen (secondary N) is 3. The summed E-state index contributed by atoms with van der Waals surface area (Å²) in [5.74, 6) is 0.800. The Kier molecular flexibility index (Phi) is 5.58. The smallest absolute Gasteiger partial charge is 0.243 e. The van der Waals surface area contributed by atoms with Gasteiger partial charge in [0.05, 0.1) is 24.9 Å². The van der Waals surface area contributed by atoms with Crippen LogP contribution in [0.2, 0.25) is 5.02 Å². The molecule has 0 saturated carbocycles. The van der Waals surface area contributed by atoms with E-state index in [1.807, 2.05) is 18.2 Å². The summed E-state index contributed by atoms with van der Waals surface area (Å²) in [6.45, 7) is 0. The van der Waals surface area contributed by atoms with Crippen LogP contribution < -0.4 is 25.6 Å². The summed E-state index contributed by atoms with van der Waals surface area (Å²) in [5.41, 5.74) is 8.02. The molecule has 3 aromatic carbocycles. The number of hydrazine groups is 1. The van der Waals surface area contributed by atoms with E-state index < -0.39 is 6.04 Å². The lowest BCUT2D eigenvalue weighted by Crippen LogP contribution is -2.39. The van der Waals surface area contributed by atoms with Gasteiger partial charge in [-0.05, 0) is 28.8 Å². The average Bonchev–Trinajstić information content (AvgIpc) is 3.24. The van der Waals surface area contributed by atoms with Gasteiger partial charge in [0.1, 0.15) is 17.5 Å². The van der Waals surface area contributed by atoms with Crippen molar-refractivity contribution >= 4 is 34.0 Å². The van der Waals surface area contributed by atoms with Crippen LogP contribution in [0.3, 0.4) is 0 Å². The van der Waals surface area contributed by atoms with Crippen LogP contribution in [0.5, 0.6) is 11.5 Å². The summed E-state index contributed by atoms with van der Waals surface area (Å²) in [4.78, 5) is 12.8. The Balaban J connectivity index is 1.51. The molecule has 150 valence electrons. The van der Waals surface area contributed by atoms with E-state index >= 15 is 0 Å². The number of hydrogen-bond donors (Lipinski definition) is 3. The van der Waals surface area contributed by atoms with Crippen molar-refractivity contribution in [2.24, 2.45) is 0 Å². The van der Waals surface area contributed by atoms with Crippen LogP contribution in [0, 0.1) is 0 Å². The molecule has 1 amide bonds. The summed E-state index contributed by atoms with van der Waals surface area (Å²) < 4.78 is 10.6. The van der Waals surface area contributed by atoms with E-state index in [2.05, 4.69) is 40.4 Å². The monoisotopic (exact) mass is 411 g/mol. The number of anilines is 1. The van der Waals surface area contributed by atoms with Gasteiger partial charge in [0.25, 0.3) is 0 Å². The summed E-state index contributed by atoms with van der Waals surface area (Å²) >= 11 is 6.20. The molecule has 0 radical (unpaired) electrons. The zero-order valence-electron chi connectivity index (χ0n) is 16.2. The first-order chi connectivity index (χ1) is 14.1. The molecule has 1 heterocycles. The predicted molar refractivity (Wildman–Crippen MR) is 115 cm³/mol. The normalized spacial score (nSPS) is 18.6. The molecular weight excluding hydrogens is 390 g/mol. The summed E-state index contributed by atoms with van der Waals surface area (Å²) in [7, 11) is 3.06. The second-order valence-electron chi connectivity index (χ2n) is 6.87. The van der Waals surface area contributed by atoms with Gasteiger partial charge in [0, 0.05) is 12.1 Å². The minimum Gasteiger partial charge on any atom is -0.495 e. The fourth-order valence-corrected chi connectivity index (χ4v) is 3.90. The van der Waals surface area contributed by atoms with Gasteiger partial charge < -0.3 is 14.8 Å². The van der Waals surface area contributed by atoms with Gasteiger partial charge in [0.15, 0.2) is 0 Å². The first-order valence-electron chi connectivity index (χ1n) is 9.32. The molecule has 0 aromatic heterocycles. The fourth-order valence-electron chi connectivity index (χ4n) is 3.66. The van der Waals surface area contributed by atoms with Gasteiger partial charge in [-0.2, -0.15) is 0 Å². The summed E-state index contributed by atoms with van der Waals surface area (Å²) in [6.07, 6.45) is 0.617. The van der Waals surface area contributed by atoms with E-state index in [1.54, 1.807) is 12.1 Å². The quantitative estimate of drug-likeness (QED) is 0.590. The van der Waals surface area contributed by atoms with Crippen molar-refractivity contribution in [3.05, 3.63) is 65.2 Å². The molecule has 2 atom stereocenters. The molecule has 0 bridgehead atoms. The Labute approximate surface area is 174 Å². The maximum absolute atomic E-state index is 12.8. The van der Waals surface area contributed by atoms with Crippen LogP contribution >= 0.6 is 11.6 Å². The highest BCUT2D eigenvalue weighted by atomic mass is 35.5. The highest BCUT2D eigenvalue weighted by molar-refractivity contribution is 6.32. The van der Waals surface area contributed by atoms with E-state index in [0.29, 0.717) is 28.6 Å². The van der Waals surface area contributed by atoms with Crippen LogP contribution in [0.25, 0.3) is 10.8 Å². The maximum Gasteiger partial charge on any atom is 0.243 e. The molecule has 29 heavy (non-hydrogen) atoms. The molecular formula is C22H22ClN3O3.